The second-order valence-electron chi connectivity index (χ2n) is 9.12. The molecule has 2 saturated heterocycles. The number of hydrogen-bond donors (Lipinski definition) is 2. The lowest BCUT2D eigenvalue weighted by Crippen LogP contribution is -2.61. The van der Waals surface area contributed by atoms with E-state index in [0.29, 0.717) is 23.1 Å². The summed E-state index contributed by atoms with van der Waals surface area (Å²) in [6.07, 6.45) is 7.78. The number of hydrogen-bond acceptors (Lipinski definition) is 6. The fraction of sp³-hybridized carbons (Fsp3) is 0.400. The van der Waals surface area contributed by atoms with E-state index in [4.69, 9.17) is 0 Å². The Morgan fingerprint density at radius 1 is 1.15 bits per heavy atom. The van der Waals surface area contributed by atoms with E-state index < -0.39 is 6.17 Å². The van der Waals surface area contributed by atoms with Gasteiger partial charge in [0.1, 0.15) is 17.7 Å². The van der Waals surface area contributed by atoms with Crippen molar-refractivity contribution in [1.29, 1.82) is 0 Å². The molecular weight excluding hydrogens is 421 g/mol. The molecule has 2 aliphatic rings. The molecule has 2 aromatic heterocycles. The highest BCUT2D eigenvalue weighted by atomic mass is 19.1. The minimum Gasteiger partial charge on any atom is -0.507 e. The first-order chi connectivity index (χ1) is 15.9. The van der Waals surface area contributed by atoms with E-state index in [9.17, 15) is 9.90 Å². The number of piperidine rings is 2. The Bertz CT molecular complexity index is 1210. The van der Waals surface area contributed by atoms with Crippen LogP contribution in [0, 0.1) is 0 Å². The molecule has 0 aliphatic carbocycles. The number of nitrogens with zero attached hydrogens (tertiary/aromatic N) is 4. The van der Waals surface area contributed by atoms with Gasteiger partial charge in [-0.05, 0) is 48.6 Å². The fourth-order valence-corrected chi connectivity index (χ4v) is 5.02. The maximum atomic E-state index is 15.1. The van der Waals surface area contributed by atoms with Crippen LogP contribution in [0.15, 0.2) is 53.7 Å². The van der Waals surface area contributed by atoms with Crippen LogP contribution in [0.2, 0.25) is 0 Å². The van der Waals surface area contributed by atoms with E-state index in [1.165, 1.54) is 10.6 Å². The summed E-state index contributed by atoms with van der Waals surface area (Å²) in [5.41, 5.74) is 2.43. The molecule has 33 heavy (non-hydrogen) atoms. The van der Waals surface area contributed by atoms with Crippen LogP contribution in [0.5, 0.6) is 5.75 Å². The maximum absolute atomic E-state index is 15.1. The van der Waals surface area contributed by atoms with E-state index in [1.54, 1.807) is 37.8 Å². The van der Waals surface area contributed by atoms with Gasteiger partial charge in [0.25, 0.3) is 5.56 Å². The number of aryl methyl sites for hydroxylation is 1. The number of pyridine rings is 1. The highest BCUT2D eigenvalue weighted by molar-refractivity contribution is 5.74. The van der Waals surface area contributed by atoms with Crippen molar-refractivity contribution in [3.05, 3.63) is 59.3 Å². The van der Waals surface area contributed by atoms with Gasteiger partial charge in [0.05, 0.1) is 24.1 Å². The standard InChI is InChI=1S/C25H28FN5O2/c1-30-9-8-16(11-24(30)33)15-6-7-18(22(32)10-15)20-13-28-23(14-27-20)31(2)21-12-17-4-3-5-19(29-17)25(21)26/h6-11,13-14,17,19,21,25,29,32H,3-5,12H2,1-2H3/t17-,19+,21-,25+/m1/s1. The molecule has 0 radical (unpaired) electrons. The molecule has 7 nitrogen and oxygen atoms in total. The van der Waals surface area contributed by atoms with Crippen LogP contribution in [-0.4, -0.2) is 51.0 Å². The quantitative estimate of drug-likeness (QED) is 0.636. The zero-order valence-corrected chi connectivity index (χ0v) is 18.8. The molecular formula is C25H28FN5O2. The fourth-order valence-electron chi connectivity index (χ4n) is 5.02. The molecule has 0 amide bonds. The average Bonchev–Trinajstić information content (AvgIpc) is 2.83. The maximum Gasteiger partial charge on any atom is 0.250 e. The van der Waals surface area contributed by atoms with Gasteiger partial charge in [0, 0.05) is 44.0 Å². The monoisotopic (exact) mass is 449 g/mol. The van der Waals surface area contributed by atoms with E-state index in [1.807, 2.05) is 24.1 Å². The van der Waals surface area contributed by atoms with Gasteiger partial charge >= 0.3 is 0 Å². The number of alkyl halides is 1. The lowest BCUT2D eigenvalue weighted by Gasteiger charge is -2.46. The third-order valence-electron chi connectivity index (χ3n) is 7.00. The van der Waals surface area contributed by atoms with Crippen molar-refractivity contribution in [2.24, 2.45) is 7.05 Å². The second-order valence-corrected chi connectivity index (χ2v) is 9.12. The zero-order valence-electron chi connectivity index (χ0n) is 18.8. The number of nitrogens with one attached hydrogen (secondary N) is 1. The van der Waals surface area contributed by atoms with Crippen molar-refractivity contribution in [2.75, 3.05) is 11.9 Å². The number of anilines is 1. The van der Waals surface area contributed by atoms with Crippen molar-refractivity contribution < 1.29 is 9.50 Å². The van der Waals surface area contributed by atoms with Crippen LogP contribution in [0.3, 0.4) is 0 Å². The molecule has 0 unspecified atom stereocenters. The highest BCUT2D eigenvalue weighted by Crippen LogP contribution is 2.34. The Kier molecular flexibility index (Phi) is 5.62. The van der Waals surface area contributed by atoms with Gasteiger partial charge in [0.2, 0.25) is 0 Å². The third kappa shape index (κ3) is 4.11. The zero-order chi connectivity index (χ0) is 23.1. The van der Waals surface area contributed by atoms with Crippen LogP contribution in [-0.2, 0) is 7.05 Å². The average molecular weight is 450 g/mol. The SMILES string of the molecule is CN(c1cnc(-c2ccc(-c3ccn(C)c(=O)c3)cc2O)cn1)[C@@H]1C[C@H]2CCC[C@H](N2)[C@@H]1F. The molecule has 172 valence electrons. The Morgan fingerprint density at radius 3 is 2.70 bits per heavy atom. The molecule has 8 heteroatoms. The molecule has 3 aromatic rings. The normalized spacial score (nSPS) is 24.5. The van der Waals surface area contributed by atoms with E-state index in [-0.39, 0.29) is 23.4 Å². The first-order valence-corrected chi connectivity index (χ1v) is 11.4. The summed E-state index contributed by atoms with van der Waals surface area (Å²) in [5, 5.41) is 14.0. The van der Waals surface area contributed by atoms with Crippen LogP contribution < -0.4 is 15.8 Å². The number of aromatic nitrogens is 3. The molecule has 2 N–H and O–H groups in total. The molecule has 0 saturated carbocycles. The minimum absolute atomic E-state index is 0.0542. The largest absolute Gasteiger partial charge is 0.507 e. The predicted molar refractivity (Wildman–Crippen MR) is 126 cm³/mol. The van der Waals surface area contributed by atoms with Crippen LogP contribution in [0.4, 0.5) is 10.2 Å². The van der Waals surface area contributed by atoms with Crippen molar-refractivity contribution >= 4 is 5.82 Å². The smallest absolute Gasteiger partial charge is 0.250 e. The highest BCUT2D eigenvalue weighted by Gasteiger charge is 2.41. The van der Waals surface area contributed by atoms with E-state index in [0.717, 1.165) is 36.8 Å². The Labute approximate surface area is 191 Å². The van der Waals surface area contributed by atoms with Gasteiger partial charge in [-0.3, -0.25) is 9.78 Å². The summed E-state index contributed by atoms with van der Waals surface area (Å²) < 4.78 is 16.6. The van der Waals surface area contributed by atoms with Crippen LogP contribution in [0.1, 0.15) is 25.7 Å². The van der Waals surface area contributed by atoms with Crippen molar-refractivity contribution in [2.45, 2.75) is 50.0 Å². The Balaban J connectivity index is 1.36. The number of halogens is 1. The van der Waals surface area contributed by atoms with E-state index in [2.05, 4.69) is 15.3 Å². The molecule has 2 aliphatic heterocycles. The number of benzene rings is 1. The number of aromatic hydroxyl groups is 1. The first-order valence-electron chi connectivity index (χ1n) is 11.4. The van der Waals surface area contributed by atoms with Crippen molar-refractivity contribution in [3.8, 4) is 28.1 Å². The van der Waals surface area contributed by atoms with Gasteiger partial charge in [-0.25, -0.2) is 9.37 Å². The predicted octanol–water partition coefficient (Wildman–Crippen LogP) is 3.27. The first kappa shape index (κ1) is 21.6. The Hall–Kier alpha value is -3.26. The summed E-state index contributed by atoms with van der Waals surface area (Å²) in [7, 11) is 3.56. The lowest BCUT2D eigenvalue weighted by molar-refractivity contribution is 0.107. The van der Waals surface area contributed by atoms with Crippen molar-refractivity contribution in [1.82, 2.24) is 19.9 Å². The van der Waals surface area contributed by atoms with Gasteiger partial charge in [-0.15, -0.1) is 0 Å². The third-order valence-corrected chi connectivity index (χ3v) is 7.00. The molecule has 4 atom stereocenters. The second kappa shape index (κ2) is 8.59. The minimum atomic E-state index is -0.945. The van der Waals surface area contributed by atoms with Gasteiger partial charge in [-0.1, -0.05) is 12.5 Å². The molecule has 5 rings (SSSR count). The van der Waals surface area contributed by atoms with Crippen LogP contribution >= 0.6 is 0 Å². The molecule has 0 spiro atoms. The molecule has 2 bridgehead atoms. The topological polar surface area (TPSA) is 83.3 Å². The molecule has 2 fully saturated rings. The van der Waals surface area contributed by atoms with E-state index >= 15 is 4.39 Å². The molecule has 4 heterocycles. The summed E-state index contributed by atoms with van der Waals surface area (Å²) in [6.45, 7) is 0. The number of phenolic OH excluding ortho intramolecular Hbond substituents is 1. The van der Waals surface area contributed by atoms with Gasteiger partial charge in [-0.2, -0.15) is 0 Å². The summed E-state index contributed by atoms with van der Waals surface area (Å²) in [4.78, 5) is 22.8. The summed E-state index contributed by atoms with van der Waals surface area (Å²) in [5.74, 6) is 0.668. The lowest BCUT2D eigenvalue weighted by atomic mass is 9.82. The summed E-state index contributed by atoms with van der Waals surface area (Å²) >= 11 is 0. The van der Waals surface area contributed by atoms with Gasteiger partial charge < -0.3 is 19.9 Å². The van der Waals surface area contributed by atoms with Crippen molar-refractivity contribution in [3.63, 3.8) is 0 Å². The van der Waals surface area contributed by atoms with Crippen LogP contribution in [0.25, 0.3) is 22.4 Å². The molecule has 1 aromatic carbocycles. The number of fused-ring (bicyclic) bond motifs is 2. The summed E-state index contributed by atoms with van der Waals surface area (Å²) in [6, 6.07) is 8.63. The number of phenols is 1. The Morgan fingerprint density at radius 2 is 1.97 bits per heavy atom. The number of rotatable bonds is 4. The van der Waals surface area contributed by atoms with Gasteiger partial charge in [0.15, 0.2) is 0 Å².